The second-order valence-electron chi connectivity index (χ2n) is 2.01. The Morgan fingerprint density at radius 3 is 3.00 bits per heavy atom. The number of hydrogen-bond donors (Lipinski definition) is 1. The van der Waals surface area contributed by atoms with E-state index in [-0.39, 0.29) is 12.4 Å². The molecule has 0 fully saturated rings. The van der Waals surface area contributed by atoms with E-state index in [1.807, 2.05) is 0 Å². The van der Waals surface area contributed by atoms with Gasteiger partial charge < -0.3 is 5.11 Å². The standard InChI is InChI=1S/C7H7BrFNOS/c8-5-3-6(9)7(10-4-5)12-2-1-11/h3-4,11H,1-2H2. The van der Waals surface area contributed by atoms with Gasteiger partial charge in [-0.3, -0.25) is 0 Å². The lowest BCUT2D eigenvalue weighted by atomic mass is 10.5. The van der Waals surface area contributed by atoms with Crippen LogP contribution in [-0.4, -0.2) is 22.5 Å². The highest BCUT2D eigenvalue weighted by Crippen LogP contribution is 2.21. The highest BCUT2D eigenvalue weighted by molar-refractivity contribution is 9.10. The van der Waals surface area contributed by atoms with Crippen molar-refractivity contribution >= 4 is 27.7 Å². The van der Waals surface area contributed by atoms with Crippen LogP contribution in [0.3, 0.4) is 0 Å². The first-order valence-electron chi connectivity index (χ1n) is 3.28. The molecule has 1 N–H and O–H groups in total. The Kier molecular flexibility index (Phi) is 3.97. The van der Waals surface area contributed by atoms with Crippen LogP contribution < -0.4 is 0 Å². The molecule has 2 nitrogen and oxygen atoms in total. The lowest BCUT2D eigenvalue weighted by Gasteiger charge is -1.99. The number of aliphatic hydroxyl groups is 1. The number of aliphatic hydroxyl groups excluding tert-OH is 1. The minimum absolute atomic E-state index is 0.0296. The third kappa shape index (κ3) is 2.73. The van der Waals surface area contributed by atoms with Crippen LogP contribution in [-0.2, 0) is 0 Å². The van der Waals surface area contributed by atoms with Gasteiger partial charge >= 0.3 is 0 Å². The molecule has 0 radical (unpaired) electrons. The topological polar surface area (TPSA) is 33.1 Å². The summed E-state index contributed by atoms with van der Waals surface area (Å²) >= 11 is 4.30. The second kappa shape index (κ2) is 4.79. The van der Waals surface area contributed by atoms with Crippen molar-refractivity contribution in [2.24, 2.45) is 0 Å². The predicted octanol–water partition coefficient (Wildman–Crippen LogP) is 2.07. The minimum atomic E-state index is -0.358. The molecule has 1 aromatic rings. The van der Waals surface area contributed by atoms with Crippen LogP contribution in [0.25, 0.3) is 0 Å². The molecular formula is C7H7BrFNOS. The number of thioether (sulfide) groups is 1. The van der Waals surface area contributed by atoms with Crippen molar-refractivity contribution < 1.29 is 9.50 Å². The molecule has 66 valence electrons. The van der Waals surface area contributed by atoms with Crippen LogP contribution >= 0.6 is 27.7 Å². The zero-order valence-corrected chi connectivity index (χ0v) is 8.53. The normalized spacial score (nSPS) is 10.2. The van der Waals surface area contributed by atoms with Crippen molar-refractivity contribution in [3.63, 3.8) is 0 Å². The molecule has 0 spiro atoms. The number of rotatable bonds is 3. The Balaban J connectivity index is 2.72. The Morgan fingerprint density at radius 2 is 2.42 bits per heavy atom. The summed E-state index contributed by atoms with van der Waals surface area (Å²) in [7, 11) is 0. The van der Waals surface area contributed by atoms with Gasteiger partial charge in [0.15, 0.2) is 5.82 Å². The third-order valence-corrected chi connectivity index (χ3v) is 2.50. The number of hydrogen-bond acceptors (Lipinski definition) is 3. The Bertz CT molecular complexity index is 272. The maximum Gasteiger partial charge on any atom is 0.156 e. The van der Waals surface area contributed by atoms with Crippen LogP contribution in [0.4, 0.5) is 4.39 Å². The summed E-state index contributed by atoms with van der Waals surface area (Å²) in [5, 5.41) is 8.82. The zero-order valence-electron chi connectivity index (χ0n) is 6.13. The lowest BCUT2D eigenvalue weighted by molar-refractivity contribution is 0.322. The SMILES string of the molecule is OCCSc1ncc(Br)cc1F. The van der Waals surface area contributed by atoms with Gasteiger partial charge in [0.1, 0.15) is 5.03 Å². The summed E-state index contributed by atoms with van der Waals surface area (Å²) in [5.74, 6) is 0.105. The van der Waals surface area contributed by atoms with Gasteiger partial charge in [-0.25, -0.2) is 9.37 Å². The van der Waals surface area contributed by atoms with Crippen LogP contribution in [0.15, 0.2) is 21.8 Å². The first kappa shape index (κ1) is 9.95. The average molecular weight is 252 g/mol. The molecule has 0 bridgehead atoms. The summed E-state index contributed by atoms with van der Waals surface area (Å²) in [6, 6.07) is 1.35. The van der Waals surface area contributed by atoms with E-state index < -0.39 is 0 Å². The summed E-state index contributed by atoms with van der Waals surface area (Å²) in [6.45, 7) is 0.0296. The van der Waals surface area contributed by atoms with Gasteiger partial charge in [-0.1, -0.05) is 0 Å². The Morgan fingerprint density at radius 1 is 1.67 bits per heavy atom. The van der Waals surface area contributed by atoms with Gasteiger partial charge in [0.25, 0.3) is 0 Å². The van der Waals surface area contributed by atoms with Crippen molar-refractivity contribution in [2.45, 2.75) is 5.03 Å². The fraction of sp³-hybridized carbons (Fsp3) is 0.286. The van der Waals surface area contributed by atoms with Crippen molar-refractivity contribution in [1.82, 2.24) is 4.98 Å². The fourth-order valence-corrected chi connectivity index (χ4v) is 1.56. The number of nitrogens with zero attached hydrogens (tertiary/aromatic N) is 1. The monoisotopic (exact) mass is 251 g/mol. The van der Waals surface area contributed by atoms with Crippen molar-refractivity contribution in [2.75, 3.05) is 12.4 Å². The first-order chi connectivity index (χ1) is 5.74. The zero-order chi connectivity index (χ0) is 8.97. The molecule has 1 rings (SSSR count). The van der Waals surface area contributed by atoms with Crippen LogP contribution in [0.5, 0.6) is 0 Å². The largest absolute Gasteiger partial charge is 0.396 e. The van der Waals surface area contributed by atoms with Crippen LogP contribution in [0.2, 0.25) is 0 Å². The van der Waals surface area contributed by atoms with Gasteiger partial charge in [0, 0.05) is 16.4 Å². The molecule has 1 heterocycles. The second-order valence-corrected chi connectivity index (χ2v) is 4.01. The van der Waals surface area contributed by atoms with E-state index in [2.05, 4.69) is 20.9 Å². The predicted molar refractivity (Wildman–Crippen MR) is 49.7 cm³/mol. The maximum atomic E-state index is 13.0. The number of pyridine rings is 1. The Hall–Kier alpha value is -0.130. The minimum Gasteiger partial charge on any atom is -0.396 e. The molecule has 12 heavy (non-hydrogen) atoms. The van der Waals surface area contributed by atoms with Gasteiger partial charge in [0.2, 0.25) is 0 Å². The molecule has 0 aliphatic heterocycles. The van der Waals surface area contributed by atoms with E-state index in [9.17, 15) is 4.39 Å². The molecule has 0 unspecified atom stereocenters. The van der Waals surface area contributed by atoms with Crippen molar-refractivity contribution in [3.05, 3.63) is 22.6 Å². The van der Waals surface area contributed by atoms with E-state index in [1.165, 1.54) is 24.0 Å². The van der Waals surface area contributed by atoms with Gasteiger partial charge in [-0.2, -0.15) is 0 Å². The van der Waals surface area contributed by atoms with E-state index >= 15 is 0 Å². The molecule has 0 atom stereocenters. The van der Waals surface area contributed by atoms with E-state index in [0.717, 1.165) is 0 Å². The third-order valence-electron chi connectivity index (χ3n) is 1.10. The average Bonchev–Trinajstić information content (AvgIpc) is 2.03. The van der Waals surface area contributed by atoms with Crippen molar-refractivity contribution in [3.8, 4) is 0 Å². The molecule has 0 aliphatic carbocycles. The molecule has 5 heteroatoms. The number of halogens is 2. The molecule has 0 saturated carbocycles. The van der Waals surface area contributed by atoms with E-state index in [4.69, 9.17) is 5.11 Å². The van der Waals surface area contributed by atoms with Gasteiger partial charge in [-0.15, -0.1) is 11.8 Å². The molecule has 0 aromatic carbocycles. The highest BCUT2D eigenvalue weighted by atomic mass is 79.9. The van der Waals surface area contributed by atoms with Gasteiger partial charge in [0.05, 0.1) is 6.61 Å². The smallest absolute Gasteiger partial charge is 0.156 e. The van der Waals surface area contributed by atoms with E-state index in [1.54, 1.807) is 0 Å². The van der Waals surface area contributed by atoms with Crippen molar-refractivity contribution in [1.29, 1.82) is 0 Å². The Labute approximate surface area is 82.3 Å². The van der Waals surface area contributed by atoms with E-state index in [0.29, 0.717) is 15.3 Å². The fourth-order valence-electron chi connectivity index (χ4n) is 0.651. The first-order valence-corrected chi connectivity index (χ1v) is 5.06. The summed E-state index contributed by atoms with van der Waals surface area (Å²) in [5.41, 5.74) is 0. The molecule has 0 amide bonds. The summed E-state index contributed by atoms with van der Waals surface area (Å²) in [4.78, 5) is 3.85. The molecule has 0 aliphatic rings. The molecule has 0 saturated heterocycles. The molecular weight excluding hydrogens is 245 g/mol. The lowest BCUT2D eigenvalue weighted by Crippen LogP contribution is -1.91. The van der Waals surface area contributed by atoms with Gasteiger partial charge in [-0.05, 0) is 22.0 Å². The summed E-state index contributed by atoms with van der Waals surface area (Å²) < 4.78 is 13.6. The maximum absolute atomic E-state index is 13.0. The summed E-state index contributed by atoms with van der Waals surface area (Å²) in [6.07, 6.45) is 1.53. The quantitative estimate of drug-likeness (QED) is 0.836. The van der Waals surface area contributed by atoms with Crippen LogP contribution in [0, 0.1) is 5.82 Å². The molecule has 1 aromatic heterocycles. The van der Waals surface area contributed by atoms with Crippen LogP contribution in [0.1, 0.15) is 0 Å². The highest BCUT2D eigenvalue weighted by Gasteiger charge is 2.03. The number of aromatic nitrogens is 1.